The van der Waals surface area contributed by atoms with Gasteiger partial charge in [0, 0.05) is 6.07 Å². The van der Waals surface area contributed by atoms with E-state index in [0.717, 1.165) is 16.3 Å². The van der Waals surface area contributed by atoms with Crippen LogP contribution in [0.2, 0.25) is 0 Å². The van der Waals surface area contributed by atoms with Gasteiger partial charge in [0.2, 0.25) is 0 Å². The van der Waals surface area contributed by atoms with Crippen LogP contribution in [0.4, 0.5) is 13.2 Å². The standard InChI is InChI=1S/C11H12F3N3O3S/c1-2-20-9(19)4-16-5-17-8(18)3-7(11(12,13)14)15-10(17)21-6-16/h3H,2,4-6H2,1H3. The first kappa shape index (κ1) is 15.8. The van der Waals surface area contributed by atoms with Crippen LogP contribution in [0, 0.1) is 0 Å². The number of nitrogens with zero attached hydrogens (tertiary/aromatic N) is 3. The molecule has 10 heteroatoms. The molecule has 1 aromatic heterocycles. The molecule has 1 aliphatic heterocycles. The van der Waals surface area contributed by atoms with E-state index in [1.807, 2.05) is 0 Å². The molecule has 116 valence electrons. The van der Waals surface area contributed by atoms with Crippen LogP contribution >= 0.6 is 11.8 Å². The molecule has 2 rings (SSSR count). The van der Waals surface area contributed by atoms with Crippen LogP contribution in [0.5, 0.6) is 0 Å². The molecule has 0 aromatic carbocycles. The van der Waals surface area contributed by atoms with Gasteiger partial charge >= 0.3 is 12.1 Å². The number of carbonyl (C=O) groups is 1. The quantitative estimate of drug-likeness (QED) is 0.614. The molecule has 0 unspecified atom stereocenters. The van der Waals surface area contributed by atoms with Gasteiger partial charge in [-0.05, 0) is 6.92 Å². The van der Waals surface area contributed by atoms with Gasteiger partial charge in [0.25, 0.3) is 5.56 Å². The highest BCUT2D eigenvalue weighted by atomic mass is 32.2. The summed E-state index contributed by atoms with van der Waals surface area (Å²) in [4.78, 5) is 28.2. The molecule has 0 amide bonds. The first-order valence-corrected chi connectivity index (χ1v) is 6.99. The van der Waals surface area contributed by atoms with Crippen molar-refractivity contribution in [3.63, 3.8) is 0 Å². The zero-order valence-corrected chi connectivity index (χ0v) is 11.8. The predicted molar refractivity (Wildman–Crippen MR) is 67.6 cm³/mol. The predicted octanol–water partition coefficient (Wildman–Crippen LogP) is 1.15. The van der Waals surface area contributed by atoms with Crippen molar-refractivity contribution >= 4 is 17.7 Å². The largest absolute Gasteiger partial charge is 0.465 e. The van der Waals surface area contributed by atoms with Gasteiger partial charge in [-0.2, -0.15) is 13.2 Å². The van der Waals surface area contributed by atoms with Gasteiger partial charge in [-0.1, -0.05) is 11.8 Å². The summed E-state index contributed by atoms with van der Waals surface area (Å²) in [6, 6.07) is 0.456. The van der Waals surface area contributed by atoms with Gasteiger partial charge in [-0.15, -0.1) is 0 Å². The van der Waals surface area contributed by atoms with Crippen LogP contribution in [0.1, 0.15) is 12.6 Å². The van der Waals surface area contributed by atoms with Crippen molar-refractivity contribution < 1.29 is 22.7 Å². The molecule has 0 saturated carbocycles. The van der Waals surface area contributed by atoms with Crippen LogP contribution in [-0.4, -0.2) is 39.4 Å². The number of alkyl halides is 3. The van der Waals surface area contributed by atoms with Crippen LogP contribution in [0.15, 0.2) is 16.0 Å². The van der Waals surface area contributed by atoms with E-state index < -0.39 is 23.4 Å². The molecule has 0 N–H and O–H groups in total. The molecule has 0 atom stereocenters. The van der Waals surface area contributed by atoms with Gasteiger partial charge in [0.15, 0.2) is 10.9 Å². The average molecular weight is 323 g/mol. The van der Waals surface area contributed by atoms with E-state index in [1.54, 1.807) is 11.8 Å². The topological polar surface area (TPSA) is 64.4 Å². The number of thioether (sulfide) groups is 1. The third kappa shape index (κ3) is 3.76. The lowest BCUT2D eigenvalue weighted by molar-refractivity contribution is -0.144. The SMILES string of the molecule is CCOC(=O)CN1CSc2nc(C(F)(F)F)cc(=O)n2C1. The third-order valence-electron chi connectivity index (χ3n) is 2.64. The summed E-state index contributed by atoms with van der Waals surface area (Å²) in [6.07, 6.45) is -4.66. The highest BCUT2D eigenvalue weighted by molar-refractivity contribution is 7.99. The van der Waals surface area contributed by atoms with E-state index in [0.29, 0.717) is 6.07 Å². The smallest absolute Gasteiger partial charge is 0.433 e. The van der Waals surface area contributed by atoms with Crippen LogP contribution in [0.3, 0.4) is 0 Å². The molecule has 1 aliphatic rings. The van der Waals surface area contributed by atoms with Crippen LogP contribution < -0.4 is 5.56 Å². The monoisotopic (exact) mass is 323 g/mol. The summed E-state index contributed by atoms with van der Waals surface area (Å²) in [5.74, 6) is -0.193. The minimum Gasteiger partial charge on any atom is -0.465 e. The van der Waals surface area contributed by atoms with Crippen molar-refractivity contribution in [2.24, 2.45) is 0 Å². The highest BCUT2D eigenvalue weighted by Crippen LogP contribution is 2.29. The van der Waals surface area contributed by atoms with E-state index >= 15 is 0 Å². The van der Waals surface area contributed by atoms with Crippen molar-refractivity contribution in [2.45, 2.75) is 24.9 Å². The Morgan fingerprint density at radius 1 is 1.52 bits per heavy atom. The van der Waals surface area contributed by atoms with E-state index in [2.05, 4.69) is 4.98 Å². The average Bonchev–Trinajstić information content (AvgIpc) is 2.38. The Morgan fingerprint density at radius 2 is 2.24 bits per heavy atom. The first-order chi connectivity index (χ1) is 9.81. The van der Waals surface area contributed by atoms with Gasteiger partial charge < -0.3 is 4.74 Å². The maximum atomic E-state index is 12.6. The van der Waals surface area contributed by atoms with E-state index in [1.165, 1.54) is 0 Å². The van der Waals surface area contributed by atoms with Crippen LogP contribution in [0.25, 0.3) is 0 Å². The molecule has 0 saturated heterocycles. The Balaban J connectivity index is 2.19. The number of ether oxygens (including phenoxy) is 1. The molecule has 21 heavy (non-hydrogen) atoms. The fraction of sp³-hybridized carbons (Fsp3) is 0.545. The molecular weight excluding hydrogens is 311 g/mol. The molecule has 6 nitrogen and oxygen atoms in total. The summed E-state index contributed by atoms with van der Waals surface area (Å²) in [6.45, 7) is 1.89. The lowest BCUT2D eigenvalue weighted by Gasteiger charge is -2.27. The molecule has 1 aromatic rings. The summed E-state index contributed by atoms with van der Waals surface area (Å²) >= 11 is 0.971. The molecule has 0 radical (unpaired) electrons. The minimum atomic E-state index is -4.66. The molecular formula is C11H12F3N3O3S. The number of hydrogen-bond donors (Lipinski definition) is 0. The molecule has 0 fully saturated rings. The van der Waals surface area contributed by atoms with Gasteiger partial charge in [-0.25, -0.2) is 4.98 Å². The van der Waals surface area contributed by atoms with E-state index in [4.69, 9.17) is 4.74 Å². The Kier molecular flexibility index (Phi) is 4.57. The van der Waals surface area contributed by atoms with Crippen molar-refractivity contribution in [1.29, 1.82) is 0 Å². The fourth-order valence-corrected chi connectivity index (χ4v) is 2.68. The van der Waals surface area contributed by atoms with Gasteiger partial charge in [0.05, 0.1) is 25.7 Å². The number of hydrogen-bond acceptors (Lipinski definition) is 6. The molecule has 0 spiro atoms. The number of aromatic nitrogens is 2. The lowest BCUT2D eigenvalue weighted by Crippen LogP contribution is -2.40. The second-order valence-electron chi connectivity index (χ2n) is 4.24. The van der Waals surface area contributed by atoms with Crippen molar-refractivity contribution in [2.75, 3.05) is 19.0 Å². The summed E-state index contributed by atoms with van der Waals surface area (Å²) in [5.41, 5.74) is -2.00. The zero-order valence-electron chi connectivity index (χ0n) is 11.0. The number of esters is 1. The molecule has 0 aliphatic carbocycles. The summed E-state index contributed by atoms with van der Waals surface area (Å²) < 4.78 is 43.6. The molecule has 0 bridgehead atoms. The normalized spacial score (nSPS) is 15.6. The van der Waals surface area contributed by atoms with Crippen molar-refractivity contribution in [1.82, 2.24) is 14.5 Å². The number of halogens is 3. The highest BCUT2D eigenvalue weighted by Gasteiger charge is 2.35. The second kappa shape index (κ2) is 6.06. The number of carbonyl (C=O) groups excluding carboxylic acids is 1. The zero-order chi connectivity index (χ0) is 15.6. The Bertz CT molecular complexity index is 603. The van der Waals surface area contributed by atoms with E-state index in [9.17, 15) is 22.8 Å². The minimum absolute atomic E-state index is 0.00469. The Hall–Kier alpha value is -1.55. The van der Waals surface area contributed by atoms with Gasteiger partial charge in [-0.3, -0.25) is 19.1 Å². The maximum absolute atomic E-state index is 12.6. The fourth-order valence-electron chi connectivity index (χ4n) is 1.75. The van der Waals surface area contributed by atoms with Crippen molar-refractivity contribution in [3.05, 3.63) is 22.1 Å². The number of rotatable bonds is 3. The van der Waals surface area contributed by atoms with Crippen LogP contribution in [-0.2, 0) is 22.4 Å². The first-order valence-electron chi connectivity index (χ1n) is 6.01. The van der Waals surface area contributed by atoms with Crippen molar-refractivity contribution in [3.8, 4) is 0 Å². The van der Waals surface area contributed by atoms with E-state index in [-0.39, 0.29) is 30.9 Å². The summed E-state index contributed by atoms with van der Waals surface area (Å²) in [5, 5.41) is -0.00469. The molecule has 2 heterocycles. The summed E-state index contributed by atoms with van der Waals surface area (Å²) in [7, 11) is 0. The Labute approximate surface area is 121 Å². The Morgan fingerprint density at radius 3 is 2.86 bits per heavy atom. The van der Waals surface area contributed by atoms with Gasteiger partial charge in [0.1, 0.15) is 0 Å². The maximum Gasteiger partial charge on any atom is 0.433 e. The second-order valence-corrected chi connectivity index (χ2v) is 5.15. The lowest BCUT2D eigenvalue weighted by atomic mass is 10.4. The third-order valence-corrected chi connectivity index (χ3v) is 3.70. The number of fused-ring (bicyclic) bond motifs is 1.